The van der Waals surface area contributed by atoms with E-state index in [4.69, 9.17) is 5.73 Å². The number of ketones is 3. The quantitative estimate of drug-likeness (QED) is 0.191. The molecule has 0 aromatic carbocycles. The van der Waals surface area contributed by atoms with Crippen LogP contribution in [0.25, 0.3) is 0 Å². The molecule has 0 heterocycles. The van der Waals surface area contributed by atoms with Crippen molar-refractivity contribution in [2.45, 2.75) is 198 Å². The minimum Gasteiger partial charge on any atom is -0.321 e. The molecule has 3 unspecified atom stereocenters. The van der Waals surface area contributed by atoms with E-state index in [1.807, 2.05) is 41.5 Å². The van der Waals surface area contributed by atoms with Crippen LogP contribution in [0.2, 0.25) is 0 Å². The molecule has 6 heteroatoms. The number of nitrogens with two attached hydrogens (primary N) is 1. The number of rotatable bonds is 14. The lowest BCUT2D eigenvalue weighted by molar-refractivity contribution is -0.129. The van der Waals surface area contributed by atoms with Gasteiger partial charge in [-0.2, -0.15) is 0 Å². The molecular formula is C35H73N3O3. The zero-order valence-corrected chi connectivity index (χ0v) is 30.4. The Morgan fingerprint density at radius 3 is 1.17 bits per heavy atom. The van der Waals surface area contributed by atoms with Gasteiger partial charge < -0.3 is 16.4 Å². The topological polar surface area (TPSA) is 101 Å². The van der Waals surface area contributed by atoms with Crippen LogP contribution in [0, 0.1) is 10.8 Å². The molecule has 0 spiro atoms. The molecule has 0 radical (unpaired) electrons. The van der Waals surface area contributed by atoms with E-state index in [1.54, 1.807) is 6.92 Å². The van der Waals surface area contributed by atoms with Crippen LogP contribution >= 0.6 is 0 Å². The fourth-order valence-corrected chi connectivity index (χ4v) is 4.14. The smallest absolute Gasteiger partial charge is 0.155 e. The molecule has 0 aromatic heterocycles. The Morgan fingerprint density at radius 2 is 0.878 bits per heavy atom. The van der Waals surface area contributed by atoms with Gasteiger partial charge in [0.05, 0.1) is 18.1 Å². The van der Waals surface area contributed by atoms with Gasteiger partial charge >= 0.3 is 0 Å². The minimum atomic E-state index is -0.285. The van der Waals surface area contributed by atoms with Crippen molar-refractivity contribution in [3.8, 4) is 0 Å². The van der Waals surface area contributed by atoms with Crippen LogP contribution in [0.4, 0.5) is 0 Å². The van der Waals surface area contributed by atoms with Crippen molar-refractivity contribution in [1.29, 1.82) is 0 Å². The maximum absolute atomic E-state index is 12.3. The van der Waals surface area contributed by atoms with Gasteiger partial charge in [-0.3, -0.25) is 14.4 Å². The predicted molar refractivity (Wildman–Crippen MR) is 180 cm³/mol. The van der Waals surface area contributed by atoms with E-state index < -0.39 is 0 Å². The molecule has 0 bridgehead atoms. The fraction of sp³-hybridized carbons (Fsp3) is 0.914. The summed E-state index contributed by atoms with van der Waals surface area (Å²) in [6, 6.07) is -0.218. The van der Waals surface area contributed by atoms with Crippen LogP contribution in [0.15, 0.2) is 0 Å². The van der Waals surface area contributed by atoms with Gasteiger partial charge in [0.2, 0.25) is 0 Å². The molecule has 0 aromatic rings. The Kier molecular flexibility index (Phi) is 22.4. The van der Waals surface area contributed by atoms with E-state index in [1.165, 1.54) is 0 Å². The molecule has 41 heavy (non-hydrogen) atoms. The zero-order chi connectivity index (χ0) is 33.2. The summed E-state index contributed by atoms with van der Waals surface area (Å²) in [4.78, 5) is 35.1. The van der Waals surface area contributed by atoms with E-state index in [9.17, 15) is 14.4 Å². The third-order valence-electron chi connectivity index (χ3n) is 6.40. The van der Waals surface area contributed by atoms with E-state index >= 15 is 0 Å². The van der Waals surface area contributed by atoms with E-state index in [0.29, 0.717) is 5.78 Å². The second-order valence-electron chi connectivity index (χ2n) is 15.8. The Hall–Kier alpha value is -1.11. The lowest BCUT2D eigenvalue weighted by Gasteiger charge is -2.31. The highest BCUT2D eigenvalue weighted by molar-refractivity contribution is 5.89. The van der Waals surface area contributed by atoms with Crippen LogP contribution in [-0.2, 0) is 14.4 Å². The molecule has 0 amide bonds. The monoisotopic (exact) mass is 584 g/mol. The van der Waals surface area contributed by atoms with Gasteiger partial charge in [0.25, 0.3) is 0 Å². The Labute approximate surface area is 256 Å². The van der Waals surface area contributed by atoms with Crippen molar-refractivity contribution in [2.24, 2.45) is 16.6 Å². The van der Waals surface area contributed by atoms with E-state index in [2.05, 4.69) is 72.9 Å². The van der Waals surface area contributed by atoms with Crippen LogP contribution in [0.3, 0.4) is 0 Å². The van der Waals surface area contributed by atoms with Crippen molar-refractivity contribution in [3.63, 3.8) is 0 Å². The van der Waals surface area contributed by atoms with E-state index in [-0.39, 0.29) is 51.6 Å². The summed E-state index contributed by atoms with van der Waals surface area (Å²) in [5.74, 6) is 0.759. The molecule has 4 N–H and O–H groups in total. The van der Waals surface area contributed by atoms with Gasteiger partial charge in [0, 0.05) is 21.9 Å². The Bertz CT molecular complexity index is 719. The molecule has 0 aliphatic heterocycles. The van der Waals surface area contributed by atoms with Crippen LogP contribution in [0.5, 0.6) is 0 Å². The maximum Gasteiger partial charge on any atom is 0.155 e. The molecule has 0 aliphatic carbocycles. The zero-order valence-electron chi connectivity index (χ0n) is 30.4. The predicted octanol–water partition coefficient (Wildman–Crippen LogP) is 8.19. The first-order valence-corrected chi connectivity index (χ1v) is 16.2. The highest BCUT2D eigenvalue weighted by Crippen LogP contribution is 2.21. The molecular weight excluding hydrogens is 510 g/mol. The first-order chi connectivity index (χ1) is 18.3. The van der Waals surface area contributed by atoms with Crippen LogP contribution < -0.4 is 16.4 Å². The van der Waals surface area contributed by atoms with Gasteiger partial charge in [0.15, 0.2) is 11.6 Å². The summed E-state index contributed by atoms with van der Waals surface area (Å²) < 4.78 is 0. The molecule has 6 nitrogen and oxygen atoms in total. The molecule has 246 valence electrons. The summed E-state index contributed by atoms with van der Waals surface area (Å²) in [5.41, 5.74) is 5.23. The normalized spacial score (nSPS) is 14.6. The van der Waals surface area contributed by atoms with E-state index in [0.717, 1.165) is 57.8 Å². The number of hydrogen-bond donors (Lipinski definition) is 3. The van der Waals surface area contributed by atoms with Gasteiger partial charge in [-0.05, 0) is 67.7 Å². The second kappa shape index (κ2) is 20.7. The Morgan fingerprint density at radius 1 is 0.561 bits per heavy atom. The average molecular weight is 584 g/mol. The van der Waals surface area contributed by atoms with Gasteiger partial charge in [-0.15, -0.1) is 0 Å². The summed E-state index contributed by atoms with van der Waals surface area (Å²) >= 11 is 0. The highest BCUT2D eigenvalue weighted by Gasteiger charge is 2.31. The molecule has 0 aliphatic rings. The SMILES string of the molecule is CCCCC(N)C(=O)C(C)(C)C.CCCCC(NC(C)(C)C)C(=O)C(C)(C)C.CCCCC(NC(C)(C)C)C(C)=O. The molecule has 0 fully saturated rings. The molecule has 0 saturated carbocycles. The third kappa shape index (κ3) is 26.3. The summed E-state index contributed by atoms with van der Waals surface area (Å²) in [7, 11) is 0. The average Bonchev–Trinajstić information content (AvgIpc) is 2.79. The van der Waals surface area contributed by atoms with Gasteiger partial charge in [0.1, 0.15) is 5.78 Å². The van der Waals surface area contributed by atoms with Gasteiger partial charge in [-0.25, -0.2) is 0 Å². The second-order valence-corrected chi connectivity index (χ2v) is 15.8. The summed E-state index contributed by atoms with van der Waals surface area (Å²) in [6.45, 7) is 32.4. The Balaban J connectivity index is -0.000000535. The fourth-order valence-electron chi connectivity index (χ4n) is 4.14. The lowest BCUT2D eigenvalue weighted by Crippen LogP contribution is -2.50. The van der Waals surface area contributed by atoms with Crippen molar-refractivity contribution in [2.75, 3.05) is 0 Å². The minimum absolute atomic E-state index is 0.0000463. The van der Waals surface area contributed by atoms with Crippen LogP contribution in [0.1, 0.15) is 169 Å². The molecule has 3 atom stereocenters. The molecule has 0 rings (SSSR count). The number of Topliss-reactive ketones (excluding diaryl/α,β-unsaturated/α-hetero) is 3. The highest BCUT2D eigenvalue weighted by atomic mass is 16.1. The number of hydrogen-bond acceptors (Lipinski definition) is 6. The van der Waals surface area contributed by atoms with Crippen LogP contribution in [-0.4, -0.2) is 46.6 Å². The number of unbranched alkanes of at least 4 members (excludes halogenated alkanes) is 3. The third-order valence-corrected chi connectivity index (χ3v) is 6.40. The van der Waals surface area contributed by atoms with Crippen molar-refractivity contribution >= 4 is 17.3 Å². The number of carbonyl (C=O) groups is 3. The summed E-state index contributed by atoms with van der Waals surface area (Å²) in [5, 5.41) is 6.79. The largest absolute Gasteiger partial charge is 0.321 e. The summed E-state index contributed by atoms with van der Waals surface area (Å²) in [6.07, 6.45) is 9.39. The van der Waals surface area contributed by atoms with Gasteiger partial charge in [-0.1, -0.05) is 101 Å². The molecule has 0 saturated heterocycles. The number of nitrogens with one attached hydrogen (secondary N) is 2. The first-order valence-electron chi connectivity index (χ1n) is 16.2. The van der Waals surface area contributed by atoms with Crippen molar-refractivity contribution in [1.82, 2.24) is 10.6 Å². The van der Waals surface area contributed by atoms with Crippen molar-refractivity contribution in [3.05, 3.63) is 0 Å². The lowest BCUT2D eigenvalue weighted by atomic mass is 9.84. The van der Waals surface area contributed by atoms with Crippen molar-refractivity contribution < 1.29 is 14.4 Å². The standard InChI is InChI=1S/C14H29NO.C11H23NO.C10H21NO/c1-8-9-10-11(15-14(5,6)7)12(16)13(2,3)4;1-6-7-8-10(9(2)13)12-11(3,4)5;1-5-6-7-8(11)9(12)10(2,3)4/h11,15H,8-10H2,1-7H3;10,12H,6-8H2,1-5H3;8H,5-7,11H2,1-4H3. The first kappa shape index (κ1) is 44.3. The number of carbonyl (C=O) groups excluding carboxylic acids is 3. The maximum atomic E-state index is 12.3.